The summed E-state index contributed by atoms with van der Waals surface area (Å²) in [6.45, 7) is 6.20. The van der Waals surface area contributed by atoms with Crippen molar-refractivity contribution in [3.05, 3.63) is 77.9 Å². The highest BCUT2D eigenvalue weighted by Crippen LogP contribution is 2.18. The van der Waals surface area contributed by atoms with E-state index in [1.165, 1.54) is 24.3 Å². The molecule has 4 amide bonds. The Labute approximate surface area is 269 Å². The van der Waals surface area contributed by atoms with Crippen molar-refractivity contribution >= 4 is 29.8 Å². The summed E-state index contributed by atoms with van der Waals surface area (Å²) in [7, 11) is 0. The lowest BCUT2D eigenvalue weighted by atomic mass is 9.96. The minimum absolute atomic E-state index is 0.00166. The van der Waals surface area contributed by atoms with Crippen molar-refractivity contribution in [2.45, 2.75) is 71.2 Å². The van der Waals surface area contributed by atoms with Gasteiger partial charge in [0.2, 0.25) is 17.7 Å². The van der Waals surface area contributed by atoms with Gasteiger partial charge in [0.1, 0.15) is 24.4 Å². The Morgan fingerprint density at radius 2 is 1.63 bits per heavy atom. The highest BCUT2D eigenvalue weighted by Gasteiger charge is 2.31. The predicted octanol–water partition coefficient (Wildman–Crippen LogP) is 2.89. The van der Waals surface area contributed by atoms with Gasteiger partial charge in [-0.25, -0.2) is 9.59 Å². The Balaban J connectivity index is 1.76. The number of esters is 1. The second-order valence-electron chi connectivity index (χ2n) is 11.6. The van der Waals surface area contributed by atoms with E-state index in [2.05, 4.69) is 21.3 Å². The fourth-order valence-corrected chi connectivity index (χ4v) is 4.99. The van der Waals surface area contributed by atoms with Crippen LogP contribution in [0.1, 0.15) is 51.2 Å². The third-order valence-electron chi connectivity index (χ3n) is 7.32. The van der Waals surface area contributed by atoms with Crippen LogP contribution in [0.5, 0.6) is 5.75 Å². The topological polar surface area (TPSA) is 172 Å². The Morgan fingerprint density at radius 3 is 2.26 bits per heavy atom. The fourth-order valence-electron chi connectivity index (χ4n) is 4.99. The maximum absolute atomic E-state index is 13.7. The van der Waals surface area contributed by atoms with Gasteiger partial charge in [-0.1, -0.05) is 62.4 Å². The van der Waals surface area contributed by atoms with Crippen LogP contribution in [0.25, 0.3) is 0 Å². The maximum Gasteiger partial charge on any atom is 0.408 e. The van der Waals surface area contributed by atoms with E-state index in [0.29, 0.717) is 18.5 Å². The molecular weight excluding hydrogens is 592 g/mol. The van der Waals surface area contributed by atoms with Crippen LogP contribution < -0.4 is 21.3 Å². The van der Waals surface area contributed by atoms with Crippen LogP contribution in [-0.4, -0.2) is 66.2 Å². The molecular formula is C34H44N4O8. The number of amides is 4. The zero-order valence-corrected chi connectivity index (χ0v) is 26.5. The van der Waals surface area contributed by atoms with Crippen LogP contribution in [0, 0.1) is 11.8 Å². The van der Waals surface area contributed by atoms with E-state index in [1.54, 1.807) is 31.2 Å². The second-order valence-corrected chi connectivity index (χ2v) is 11.6. The van der Waals surface area contributed by atoms with Crippen molar-refractivity contribution in [1.82, 2.24) is 21.3 Å². The molecule has 248 valence electrons. The molecule has 1 aliphatic rings. The second kappa shape index (κ2) is 18.2. The highest BCUT2D eigenvalue weighted by atomic mass is 16.5. The number of aromatic hydroxyl groups is 1. The summed E-state index contributed by atoms with van der Waals surface area (Å²) in [5.41, 5.74) is 1.43. The number of carbonyl (C=O) groups is 5. The summed E-state index contributed by atoms with van der Waals surface area (Å²) < 4.78 is 10.3. The third kappa shape index (κ3) is 12.3. The predicted molar refractivity (Wildman–Crippen MR) is 170 cm³/mol. The van der Waals surface area contributed by atoms with Crippen LogP contribution in [0.3, 0.4) is 0 Å². The molecule has 5 N–H and O–H groups in total. The molecule has 2 aromatic carbocycles. The van der Waals surface area contributed by atoms with Crippen molar-refractivity contribution in [2.75, 3.05) is 13.2 Å². The van der Waals surface area contributed by atoms with E-state index >= 15 is 0 Å². The smallest absolute Gasteiger partial charge is 0.408 e. The van der Waals surface area contributed by atoms with Crippen LogP contribution >= 0.6 is 0 Å². The molecule has 1 heterocycles. The third-order valence-corrected chi connectivity index (χ3v) is 7.32. The first-order valence-corrected chi connectivity index (χ1v) is 15.5. The van der Waals surface area contributed by atoms with Gasteiger partial charge in [-0.05, 0) is 55.4 Å². The minimum Gasteiger partial charge on any atom is -0.508 e. The van der Waals surface area contributed by atoms with Gasteiger partial charge >= 0.3 is 12.1 Å². The van der Waals surface area contributed by atoms with Crippen LogP contribution in [-0.2, 0) is 41.7 Å². The van der Waals surface area contributed by atoms with Crippen LogP contribution in [0.2, 0.25) is 0 Å². The molecule has 12 heteroatoms. The van der Waals surface area contributed by atoms with Gasteiger partial charge in [-0.3, -0.25) is 14.4 Å². The van der Waals surface area contributed by atoms with E-state index in [4.69, 9.17) is 9.47 Å². The van der Waals surface area contributed by atoms with Crippen molar-refractivity contribution < 1.29 is 38.6 Å². The Morgan fingerprint density at radius 1 is 0.935 bits per heavy atom. The van der Waals surface area contributed by atoms with Gasteiger partial charge in [0.15, 0.2) is 0 Å². The van der Waals surface area contributed by atoms with Gasteiger partial charge < -0.3 is 35.8 Å². The normalized spacial score (nSPS) is 16.3. The molecule has 2 aromatic rings. The summed E-state index contributed by atoms with van der Waals surface area (Å²) in [5.74, 6) is -2.12. The van der Waals surface area contributed by atoms with Crippen LogP contribution in [0.4, 0.5) is 4.79 Å². The number of benzene rings is 2. The molecule has 4 atom stereocenters. The molecule has 0 bridgehead atoms. The zero-order valence-electron chi connectivity index (χ0n) is 26.5. The Hall–Kier alpha value is -4.87. The van der Waals surface area contributed by atoms with E-state index in [0.717, 1.165) is 5.56 Å². The monoisotopic (exact) mass is 636 g/mol. The average Bonchev–Trinajstić information content (AvgIpc) is 3.43. The van der Waals surface area contributed by atoms with Crippen molar-refractivity contribution in [3.63, 3.8) is 0 Å². The number of hydrogen-bond acceptors (Lipinski definition) is 8. The van der Waals surface area contributed by atoms with Gasteiger partial charge in [-0.2, -0.15) is 0 Å². The SMILES string of the molecule is CCOC(=O)C=C[C@H](C[C@@H]1CCNC1=O)NC(=O)[C@H](CC(C)C)NC(=O)[C@H](Cc1ccc(O)cc1)NC(=O)OCc1ccccc1. The molecule has 0 unspecified atom stereocenters. The van der Waals surface area contributed by atoms with Gasteiger partial charge in [0.05, 0.1) is 6.61 Å². The lowest BCUT2D eigenvalue weighted by molar-refractivity contribution is -0.137. The highest BCUT2D eigenvalue weighted by molar-refractivity contribution is 5.92. The van der Waals surface area contributed by atoms with E-state index in [-0.39, 0.29) is 56.0 Å². The number of ether oxygens (including phenoxy) is 2. The Bertz CT molecular complexity index is 1350. The zero-order chi connectivity index (χ0) is 33.5. The first-order valence-electron chi connectivity index (χ1n) is 15.5. The molecule has 3 rings (SSSR count). The standard InChI is InChI=1S/C34H44N4O8/c1-4-45-30(40)15-12-26(20-25-16-17-35-31(25)41)36-32(42)28(18-22(2)3)37-33(43)29(19-23-10-13-27(39)14-11-23)38-34(44)46-21-24-8-6-5-7-9-24/h5-15,22,25-26,28-29,39H,4,16-21H2,1-3H3,(H,35,41)(H,36,42)(H,37,43)(H,38,44)/t25-,26+,28-,29-/m0/s1. The fraction of sp³-hybridized carbons (Fsp3) is 0.441. The largest absolute Gasteiger partial charge is 0.508 e. The number of carbonyl (C=O) groups excluding carboxylic acids is 5. The number of nitrogens with one attached hydrogen (secondary N) is 4. The molecule has 0 saturated carbocycles. The molecule has 46 heavy (non-hydrogen) atoms. The summed E-state index contributed by atoms with van der Waals surface area (Å²) in [5, 5.41) is 20.7. The molecule has 0 aliphatic carbocycles. The van der Waals surface area contributed by atoms with Crippen molar-refractivity contribution in [1.29, 1.82) is 0 Å². The number of rotatable bonds is 16. The first kappa shape index (κ1) is 35.6. The van der Waals surface area contributed by atoms with Crippen molar-refractivity contribution in [2.24, 2.45) is 11.8 Å². The number of phenolic OH excluding ortho intramolecular Hbond substituents is 1. The molecule has 0 radical (unpaired) electrons. The summed E-state index contributed by atoms with van der Waals surface area (Å²) in [6, 6.07) is 12.5. The van der Waals surface area contributed by atoms with Crippen LogP contribution in [0.15, 0.2) is 66.7 Å². The number of phenols is 1. The maximum atomic E-state index is 13.7. The Kier molecular flexibility index (Phi) is 14.1. The first-order chi connectivity index (χ1) is 22.0. The lowest BCUT2D eigenvalue weighted by Crippen LogP contribution is -2.55. The van der Waals surface area contributed by atoms with Gasteiger partial charge in [-0.15, -0.1) is 0 Å². The minimum atomic E-state index is -1.11. The van der Waals surface area contributed by atoms with Gasteiger partial charge in [0.25, 0.3) is 0 Å². The molecule has 0 spiro atoms. The van der Waals surface area contributed by atoms with Gasteiger partial charge in [0, 0.05) is 31.0 Å². The van der Waals surface area contributed by atoms with E-state index < -0.39 is 42.0 Å². The molecule has 1 saturated heterocycles. The molecule has 1 aliphatic heterocycles. The summed E-state index contributed by atoms with van der Waals surface area (Å²) in [6.07, 6.45) is 3.09. The average molecular weight is 637 g/mol. The number of alkyl carbamates (subject to hydrolysis) is 1. The molecule has 0 aromatic heterocycles. The summed E-state index contributed by atoms with van der Waals surface area (Å²) in [4.78, 5) is 64.3. The van der Waals surface area contributed by atoms with E-state index in [1.807, 2.05) is 32.0 Å². The molecule has 1 fully saturated rings. The lowest BCUT2D eigenvalue weighted by Gasteiger charge is -2.26. The summed E-state index contributed by atoms with van der Waals surface area (Å²) >= 11 is 0. The van der Waals surface area contributed by atoms with E-state index in [9.17, 15) is 29.1 Å². The van der Waals surface area contributed by atoms with Crippen molar-refractivity contribution in [3.8, 4) is 5.75 Å². The molecule has 12 nitrogen and oxygen atoms in total. The number of hydrogen-bond donors (Lipinski definition) is 5. The quantitative estimate of drug-likeness (QED) is 0.138.